The van der Waals surface area contributed by atoms with Gasteiger partial charge in [0.05, 0.1) is 11.2 Å². The first-order valence-corrected chi connectivity index (χ1v) is 7.64. The van der Waals surface area contributed by atoms with Gasteiger partial charge in [-0.2, -0.15) is 5.10 Å². The summed E-state index contributed by atoms with van der Waals surface area (Å²) < 4.78 is 17.8. The lowest BCUT2D eigenvalue weighted by Crippen LogP contribution is -2.04. The van der Waals surface area contributed by atoms with Crippen LogP contribution in [0, 0.1) is 5.82 Å². The van der Waals surface area contributed by atoms with Crippen LogP contribution in [-0.4, -0.2) is 19.3 Å². The zero-order chi connectivity index (χ0) is 16.5. The third kappa shape index (κ3) is 2.52. The summed E-state index contributed by atoms with van der Waals surface area (Å²) in [5, 5.41) is 8.52. The lowest BCUT2D eigenvalue weighted by molar-refractivity contribution is 0.608. The predicted octanol–water partition coefficient (Wildman–Crippen LogP) is 3.51. The molecule has 0 aliphatic heterocycles. The standard InChI is InChI=1S/C18H16FN5/c1-23-8-7-14-3-2-4-16(18(14)23)21-10-13-5-6-17(15(19)9-13)24-12-20-11-22-24/h2-9,11-12,21H,10H2,1H3. The van der Waals surface area contributed by atoms with E-state index in [1.807, 2.05) is 31.4 Å². The largest absolute Gasteiger partial charge is 0.379 e. The van der Waals surface area contributed by atoms with Crippen molar-refractivity contribution < 1.29 is 4.39 Å². The molecule has 0 fully saturated rings. The maximum absolute atomic E-state index is 14.3. The van der Waals surface area contributed by atoms with Crippen LogP contribution in [0.2, 0.25) is 0 Å². The van der Waals surface area contributed by atoms with Gasteiger partial charge in [-0.05, 0) is 29.8 Å². The highest BCUT2D eigenvalue weighted by Crippen LogP contribution is 2.24. The van der Waals surface area contributed by atoms with Gasteiger partial charge in [0, 0.05) is 25.2 Å². The number of rotatable bonds is 4. The van der Waals surface area contributed by atoms with Crippen molar-refractivity contribution in [3.63, 3.8) is 0 Å². The maximum atomic E-state index is 14.3. The molecule has 0 radical (unpaired) electrons. The number of para-hydroxylation sites is 1. The molecule has 1 N–H and O–H groups in total. The van der Waals surface area contributed by atoms with E-state index in [4.69, 9.17) is 0 Å². The summed E-state index contributed by atoms with van der Waals surface area (Å²) in [5.41, 5.74) is 3.42. The van der Waals surface area contributed by atoms with Crippen molar-refractivity contribution in [3.8, 4) is 5.69 Å². The predicted molar refractivity (Wildman–Crippen MR) is 91.6 cm³/mol. The third-order valence-electron chi connectivity index (χ3n) is 4.06. The van der Waals surface area contributed by atoms with Crippen molar-refractivity contribution in [2.75, 3.05) is 5.32 Å². The minimum Gasteiger partial charge on any atom is -0.379 e. The van der Waals surface area contributed by atoms with Crippen LogP contribution in [0.1, 0.15) is 5.56 Å². The van der Waals surface area contributed by atoms with Gasteiger partial charge in [-0.15, -0.1) is 0 Å². The normalized spacial score (nSPS) is 11.1. The molecule has 0 atom stereocenters. The summed E-state index contributed by atoms with van der Waals surface area (Å²) in [6, 6.07) is 13.3. The summed E-state index contributed by atoms with van der Waals surface area (Å²) in [6.07, 6.45) is 4.89. The van der Waals surface area contributed by atoms with Gasteiger partial charge in [0.2, 0.25) is 0 Å². The number of anilines is 1. The SMILES string of the molecule is Cn1ccc2cccc(NCc3ccc(-n4cncn4)c(F)c3)c21. The van der Waals surface area contributed by atoms with Gasteiger partial charge in [0.1, 0.15) is 24.2 Å². The van der Waals surface area contributed by atoms with Gasteiger partial charge in [-0.3, -0.25) is 0 Å². The van der Waals surface area contributed by atoms with Crippen molar-refractivity contribution in [2.45, 2.75) is 6.54 Å². The minimum atomic E-state index is -0.322. The average molecular weight is 321 g/mol. The van der Waals surface area contributed by atoms with Crippen LogP contribution in [0.3, 0.4) is 0 Å². The van der Waals surface area contributed by atoms with Crippen molar-refractivity contribution >= 4 is 16.6 Å². The number of aryl methyl sites for hydroxylation is 1. The molecule has 0 aliphatic rings. The molecule has 0 saturated carbocycles. The van der Waals surface area contributed by atoms with E-state index in [1.165, 1.54) is 28.8 Å². The second-order valence-corrected chi connectivity index (χ2v) is 5.65. The van der Waals surface area contributed by atoms with E-state index in [-0.39, 0.29) is 5.82 Å². The molecule has 4 aromatic rings. The molecule has 5 nitrogen and oxygen atoms in total. The van der Waals surface area contributed by atoms with Gasteiger partial charge < -0.3 is 9.88 Å². The summed E-state index contributed by atoms with van der Waals surface area (Å²) >= 11 is 0. The molecule has 4 rings (SSSR count). The lowest BCUT2D eigenvalue weighted by atomic mass is 10.1. The molecule has 2 aromatic heterocycles. The fraction of sp³-hybridized carbons (Fsp3) is 0.111. The van der Waals surface area contributed by atoms with Crippen LogP contribution < -0.4 is 5.32 Å². The van der Waals surface area contributed by atoms with E-state index in [0.29, 0.717) is 12.2 Å². The number of fused-ring (bicyclic) bond motifs is 1. The molecule has 0 spiro atoms. The summed E-state index contributed by atoms with van der Waals surface area (Å²) in [7, 11) is 2.01. The number of hydrogen-bond acceptors (Lipinski definition) is 3. The molecular formula is C18H16FN5. The Morgan fingerprint density at radius 3 is 2.88 bits per heavy atom. The summed E-state index contributed by atoms with van der Waals surface area (Å²) in [5.74, 6) is -0.322. The zero-order valence-electron chi connectivity index (χ0n) is 13.1. The molecule has 0 aliphatic carbocycles. The van der Waals surface area contributed by atoms with E-state index in [1.54, 1.807) is 6.07 Å². The minimum absolute atomic E-state index is 0.322. The number of benzene rings is 2. The molecule has 0 amide bonds. The first-order valence-electron chi connectivity index (χ1n) is 7.64. The monoisotopic (exact) mass is 321 g/mol. The molecule has 6 heteroatoms. The fourth-order valence-electron chi connectivity index (χ4n) is 2.87. The Bertz CT molecular complexity index is 988. The van der Waals surface area contributed by atoms with Gasteiger partial charge >= 0.3 is 0 Å². The number of halogens is 1. The molecule has 24 heavy (non-hydrogen) atoms. The highest BCUT2D eigenvalue weighted by Gasteiger charge is 2.08. The number of aromatic nitrogens is 4. The fourth-order valence-corrected chi connectivity index (χ4v) is 2.87. The van der Waals surface area contributed by atoms with Crippen LogP contribution in [0.4, 0.5) is 10.1 Å². The van der Waals surface area contributed by atoms with E-state index in [2.05, 4.69) is 32.1 Å². The number of nitrogens with zero attached hydrogens (tertiary/aromatic N) is 4. The first kappa shape index (κ1) is 14.4. The van der Waals surface area contributed by atoms with Gasteiger partial charge in [0.15, 0.2) is 0 Å². The molecule has 2 heterocycles. The highest BCUT2D eigenvalue weighted by atomic mass is 19.1. The maximum Gasteiger partial charge on any atom is 0.149 e. The van der Waals surface area contributed by atoms with Crippen molar-refractivity contribution in [1.29, 1.82) is 0 Å². The molecule has 0 unspecified atom stereocenters. The Morgan fingerprint density at radius 2 is 2.08 bits per heavy atom. The molecule has 120 valence electrons. The summed E-state index contributed by atoms with van der Waals surface area (Å²) in [4.78, 5) is 3.84. The Morgan fingerprint density at radius 1 is 1.17 bits per heavy atom. The lowest BCUT2D eigenvalue weighted by Gasteiger charge is -2.11. The zero-order valence-corrected chi connectivity index (χ0v) is 13.1. The van der Waals surface area contributed by atoms with Crippen LogP contribution >= 0.6 is 0 Å². The van der Waals surface area contributed by atoms with Crippen LogP contribution in [0.5, 0.6) is 0 Å². The molecule has 0 saturated heterocycles. The quantitative estimate of drug-likeness (QED) is 0.626. The number of nitrogens with one attached hydrogen (secondary N) is 1. The van der Waals surface area contributed by atoms with Crippen LogP contribution in [-0.2, 0) is 13.6 Å². The highest BCUT2D eigenvalue weighted by molar-refractivity contribution is 5.91. The molecule has 2 aromatic carbocycles. The van der Waals surface area contributed by atoms with E-state index in [0.717, 1.165) is 16.8 Å². The summed E-state index contributed by atoms with van der Waals surface area (Å²) in [6.45, 7) is 0.541. The van der Waals surface area contributed by atoms with Gasteiger partial charge in [-0.1, -0.05) is 18.2 Å². The molecule has 0 bridgehead atoms. The van der Waals surface area contributed by atoms with E-state index >= 15 is 0 Å². The van der Waals surface area contributed by atoms with Gasteiger partial charge in [0.25, 0.3) is 0 Å². The van der Waals surface area contributed by atoms with Gasteiger partial charge in [-0.25, -0.2) is 14.1 Å². The van der Waals surface area contributed by atoms with E-state index in [9.17, 15) is 4.39 Å². The topological polar surface area (TPSA) is 47.7 Å². The van der Waals surface area contributed by atoms with Crippen molar-refractivity contribution in [3.05, 3.63) is 72.7 Å². The van der Waals surface area contributed by atoms with Crippen LogP contribution in [0.15, 0.2) is 61.3 Å². The first-order chi connectivity index (χ1) is 11.7. The Labute approximate surface area is 138 Å². The Kier molecular flexibility index (Phi) is 3.49. The number of hydrogen-bond donors (Lipinski definition) is 1. The van der Waals surface area contributed by atoms with Crippen molar-refractivity contribution in [2.24, 2.45) is 7.05 Å². The smallest absolute Gasteiger partial charge is 0.149 e. The van der Waals surface area contributed by atoms with Crippen molar-refractivity contribution in [1.82, 2.24) is 19.3 Å². The average Bonchev–Trinajstić information content (AvgIpc) is 3.24. The third-order valence-corrected chi connectivity index (χ3v) is 4.06. The second-order valence-electron chi connectivity index (χ2n) is 5.65. The van der Waals surface area contributed by atoms with E-state index < -0.39 is 0 Å². The second kappa shape index (κ2) is 5.81. The van der Waals surface area contributed by atoms with Crippen LogP contribution in [0.25, 0.3) is 16.6 Å². The molecular weight excluding hydrogens is 305 g/mol. The Balaban J connectivity index is 1.58. The Hall–Kier alpha value is -3.15.